The van der Waals surface area contributed by atoms with Crippen LogP contribution in [0.15, 0.2) is 23.8 Å². The van der Waals surface area contributed by atoms with E-state index in [9.17, 15) is 5.11 Å². The van der Waals surface area contributed by atoms with Crippen molar-refractivity contribution in [3.05, 3.63) is 34.9 Å². The van der Waals surface area contributed by atoms with Gasteiger partial charge in [0.1, 0.15) is 11.5 Å². The minimum Gasteiger partial charge on any atom is -0.496 e. The van der Waals surface area contributed by atoms with Gasteiger partial charge in [0.15, 0.2) is 0 Å². The Morgan fingerprint density at radius 3 is 2.28 bits per heavy atom. The fraction of sp³-hybridized carbons (Fsp3) is 0.692. The summed E-state index contributed by atoms with van der Waals surface area (Å²) >= 11 is 0. The Morgan fingerprint density at radius 2 is 1.76 bits per heavy atom. The predicted molar refractivity (Wildman–Crippen MR) is 118 cm³/mol. The molecule has 0 radical (unpaired) electrons. The van der Waals surface area contributed by atoms with Crippen LogP contribution in [0.25, 0.3) is 0 Å². The van der Waals surface area contributed by atoms with Crippen LogP contribution in [-0.4, -0.2) is 25.9 Å². The number of aliphatic hydroxyl groups excluding tert-OH is 1. The quantitative estimate of drug-likeness (QED) is 0.401. The number of hydrogen-bond acceptors (Lipinski definition) is 3. The van der Waals surface area contributed by atoms with Crippen molar-refractivity contribution in [3.8, 4) is 11.5 Å². The van der Waals surface area contributed by atoms with Gasteiger partial charge in [0, 0.05) is 11.0 Å². The summed E-state index contributed by atoms with van der Waals surface area (Å²) in [6.45, 7) is 9.48. The van der Waals surface area contributed by atoms with Crippen LogP contribution >= 0.6 is 0 Å². The van der Waals surface area contributed by atoms with Crippen molar-refractivity contribution in [1.29, 1.82) is 0 Å². The maximum Gasteiger partial charge on any atom is 0.126 e. The lowest BCUT2D eigenvalue weighted by molar-refractivity contribution is 0.194. The third kappa shape index (κ3) is 2.65. The summed E-state index contributed by atoms with van der Waals surface area (Å²) in [5.41, 5.74) is 3.98. The fourth-order valence-electron chi connectivity index (χ4n) is 6.75. The molecular formula is C26H38O3. The number of ether oxygens (including phenoxy) is 2. The summed E-state index contributed by atoms with van der Waals surface area (Å²) in [7, 11) is 3.56. The fourth-order valence-corrected chi connectivity index (χ4v) is 6.75. The lowest BCUT2D eigenvalue weighted by atomic mass is 9.71. The second-order valence-corrected chi connectivity index (χ2v) is 10.3. The molecule has 4 rings (SSSR count). The molecule has 0 bridgehead atoms. The Labute approximate surface area is 176 Å². The van der Waals surface area contributed by atoms with E-state index in [4.69, 9.17) is 9.47 Å². The molecule has 3 nitrogen and oxygen atoms in total. The zero-order chi connectivity index (χ0) is 21.0. The molecule has 1 aromatic rings. The summed E-state index contributed by atoms with van der Waals surface area (Å²) in [4.78, 5) is 0. The molecule has 0 heterocycles. The molecule has 4 atom stereocenters. The third-order valence-corrected chi connectivity index (χ3v) is 8.68. The van der Waals surface area contributed by atoms with Gasteiger partial charge in [-0.1, -0.05) is 59.5 Å². The number of rotatable bonds is 10. The number of unbranched alkanes of at least 4 members (excludes halogenated alkanes) is 3. The summed E-state index contributed by atoms with van der Waals surface area (Å²) < 4.78 is 12.0. The number of methoxy groups -OCH3 is 2. The van der Waals surface area contributed by atoms with Crippen molar-refractivity contribution in [2.45, 2.75) is 77.0 Å². The predicted octanol–water partition coefficient (Wildman–Crippen LogP) is 5.78. The zero-order valence-corrected chi connectivity index (χ0v) is 19.1. The van der Waals surface area contributed by atoms with Crippen LogP contribution in [0, 0.1) is 17.3 Å². The minimum atomic E-state index is -0.0315. The van der Waals surface area contributed by atoms with Crippen molar-refractivity contribution >= 4 is 0 Å². The Bertz CT molecular complexity index is 798. The standard InChI is InChI=1S/C26H38O3/c1-7-8-9-10-11-24(2,3)18-12-20(28-5)23(21(13-18)29-6)26-15-17(16-27)19-14-22(26)25(19,26)4/h12-13,15,19,22,27H,7-11,14,16H2,1-6H3/t19-,22?,25?,26+/m1/s1. The Morgan fingerprint density at radius 1 is 1.10 bits per heavy atom. The van der Waals surface area contributed by atoms with Gasteiger partial charge < -0.3 is 14.6 Å². The topological polar surface area (TPSA) is 38.7 Å². The Balaban J connectivity index is 1.72. The molecule has 160 valence electrons. The van der Waals surface area contributed by atoms with Crippen molar-refractivity contribution < 1.29 is 14.6 Å². The van der Waals surface area contributed by atoms with Gasteiger partial charge in [-0.2, -0.15) is 0 Å². The lowest BCUT2D eigenvalue weighted by Crippen LogP contribution is -2.27. The summed E-state index contributed by atoms with van der Waals surface area (Å²) in [5, 5.41) is 9.87. The van der Waals surface area contributed by atoms with E-state index in [1.807, 2.05) is 0 Å². The number of benzene rings is 1. The van der Waals surface area contributed by atoms with Gasteiger partial charge >= 0.3 is 0 Å². The normalized spacial score (nSPS) is 31.8. The highest BCUT2D eigenvalue weighted by Gasteiger charge is 2.86. The van der Waals surface area contributed by atoms with Crippen molar-refractivity contribution in [1.82, 2.24) is 0 Å². The van der Waals surface area contributed by atoms with E-state index in [0.29, 0.717) is 11.8 Å². The zero-order valence-electron chi connectivity index (χ0n) is 19.1. The SMILES string of the molecule is CCCCCCC(C)(C)c1cc(OC)c([C@]23C=C(CO)[C@H]4CC2C43C)c(OC)c1. The molecule has 3 aliphatic rings. The first-order valence-electron chi connectivity index (χ1n) is 11.4. The molecule has 0 aliphatic heterocycles. The summed E-state index contributed by atoms with van der Waals surface area (Å²) in [6, 6.07) is 4.51. The van der Waals surface area contributed by atoms with Crippen LogP contribution < -0.4 is 9.47 Å². The molecule has 1 N–H and O–H groups in total. The number of hydrogen-bond donors (Lipinski definition) is 1. The number of aliphatic hydroxyl groups is 1. The van der Waals surface area contributed by atoms with Crippen LogP contribution in [-0.2, 0) is 10.8 Å². The maximum atomic E-state index is 9.87. The second kappa shape index (κ2) is 7.04. The van der Waals surface area contributed by atoms with E-state index in [0.717, 1.165) is 11.5 Å². The Kier molecular flexibility index (Phi) is 5.05. The first kappa shape index (κ1) is 20.8. The lowest BCUT2D eigenvalue weighted by Gasteiger charge is -2.33. The molecule has 3 aliphatic carbocycles. The monoisotopic (exact) mass is 398 g/mol. The third-order valence-electron chi connectivity index (χ3n) is 8.68. The van der Waals surface area contributed by atoms with Gasteiger partial charge in [0.2, 0.25) is 0 Å². The molecule has 2 unspecified atom stereocenters. The van der Waals surface area contributed by atoms with Gasteiger partial charge in [0.05, 0.1) is 20.8 Å². The van der Waals surface area contributed by atoms with Crippen LogP contribution in [0.5, 0.6) is 11.5 Å². The van der Waals surface area contributed by atoms with Crippen molar-refractivity contribution in [2.24, 2.45) is 17.3 Å². The van der Waals surface area contributed by atoms with Gasteiger partial charge in [-0.05, 0) is 58.8 Å². The van der Waals surface area contributed by atoms with Crippen molar-refractivity contribution in [3.63, 3.8) is 0 Å². The molecule has 0 aromatic heterocycles. The summed E-state index contributed by atoms with van der Waals surface area (Å²) in [6.07, 6.45) is 9.82. The minimum absolute atomic E-state index is 0.0315. The largest absolute Gasteiger partial charge is 0.496 e. The maximum absolute atomic E-state index is 9.87. The van der Waals surface area contributed by atoms with Gasteiger partial charge in [-0.25, -0.2) is 0 Å². The Hall–Kier alpha value is -1.48. The van der Waals surface area contributed by atoms with E-state index in [-0.39, 0.29) is 22.9 Å². The van der Waals surface area contributed by atoms with E-state index in [1.54, 1.807) is 14.2 Å². The molecule has 0 saturated heterocycles. The molecule has 0 spiro atoms. The molecule has 1 aromatic carbocycles. The molecule has 2 fully saturated rings. The van der Waals surface area contributed by atoms with E-state index in [1.165, 1.54) is 55.2 Å². The smallest absolute Gasteiger partial charge is 0.126 e. The van der Waals surface area contributed by atoms with Crippen molar-refractivity contribution in [2.75, 3.05) is 20.8 Å². The van der Waals surface area contributed by atoms with Crippen LogP contribution in [0.3, 0.4) is 0 Å². The first-order valence-corrected chi connectivity index (χ1v) is 11.4. The highest BCUT2D eigenvalue weighted by atomic mass is 16.5. The van der Waals surface area contributed by atoms with E-state index < -0.39 is 0 Å². The average molecular weight is 399 g/mol. The molecule has 0 amide bonds. The molecule has 3 heteroatoms. The van der Waals surface area contributed by atoms with Crippen LogP contribution in [0.2, 0.25) is 0 Å². The number of allylic oxidation sites excluding steroid dienone is 1. The average Bonchev–Trinajstić information content (AvgIpc) is 3.03. The van der Waals surface area contributed by atoms with Gasteiger partial charge in [-0.3, -0.25) is 0 Å². The van der Waals surface area contributed by atoms with Crippen LogP contribution in [0.4, 0.5) is 0 Å². The highest BCUT2D eigenvalue weighted by Crippen LogP contribution is 2.89. The summed E-state index contributed by atoms with van der Waals surface area (Å²) in [5.74, 6) is 3.06. The van der Waals surface area contributed by atoms with E-state index >= 15 is 0 Å². The highest BCUT2D eigenvalue weighted by molar-refractivity contribution is 5.67. The van der Waals surface area contributed by atoms with Crippen LogP contribution in [0.1, 0.15) is 77.3 Å². The van der Waals surface area contributed by atoms with Gasteiger partial charge in [0.25, 0.3) is 0 Å². The van der Waals surface area contributed by atoms with E-state index in [2.05, 4.69) is 45.9 Å². The molecule has 2 saturated carbocycles. The van der Waals surface area contributed by atoms with Gasteiger partial charge in [-0.15, -0.1) is 0 Å². The number of fused-ring (bicyclic) bond motifs is 1. The molecular weight excluding hydrogens is 360 g/mol. The second-order valence-electron chi connectivity index (χ2n) is 10.3. The first-order chi connectivity index (χ1) is 13.8. The molecule has 29 heavy (non-hydrogen) atoms.